The highest BCUT2D eigenvalue weighted by Crippen LogP contribution is 2.20. The van der Waals surface area contributed by atoms with Crippen molar-refractivity contribution in [1.29, 1.82) is 0 Å². The molecule has 0 unspecified atom stereocenters. The first-order chi connectivity index (χ1) is 5.75. The normalized spacial score (nSPS) is 17.7. The lowest BCUT2D eigenvalue weighted by molar-refractivity contribution is 0.273. The molecule has 2 nitrogen and oxygen atoms in total. The summed E-state index contributed by atoms with van der Waals surface area (Å²) < 4.78 is 12.5. The summed E-state index contributed by atoms with van der Waals surface area (Å²) in [6.07, 6.45) is 1.10. The van der Waals surface area contributed by atoms with Crippen molar-refractivity contribution in [3.8, 4) is 0 Å². The van der Waals surface area contributed by atoms with Gasteiger partial charge in [-0.15, -0.1) is 0 Å². The van der Waals surface area contributed by atoms with Gasteiger partial charge in [-0.2, -0.15) is 0 Å². The van der Waals surface area contributed by atoms with Gasteiger partial charge in [0.25, 0.3) is 0 Å². The molecule has 0 amide bonds. The number of anilines is 1. The zero-order valence-corrected chi connectivity index (χ0v) is 7.00. The summed E-state index contributed by atoms with van der Waals surface area (Å²) >= 11 is 0. The minimum absolute atomic E-state index is 0.496. The quantitative estimate of drug-likeness (QED) is 0.629. The van der Waals surface area contributed by atoms with Crippen LogP contribution in [0, 0.1) is 6.92 Å². The average Bonchev–Trinajstić information content (AvgIpc) is 1.99. The molecule has 1 fully saturated rings. The first-order valence-corrected chi connectivity index (χ1v) is 4.07. The second-order valence-corrected chi connectivity index (χ2v) is 3.19. The molecule has 0 saturated carbocycles. The smallest absolute Gasteiger partial charge is 0.135 e. The van der Waals surface area contributed by atoms with E-state index < -0.39 is 6.17 Å². The Labute approximate surface area is 71.0 Å². The number of halogens is 1. The summed E-state index contributed by atoms with van der Waals surface area (Å²) in [5, 5.41) is 0. The van der Waals surface area contributed by atoms with Crippen molar-refractivity contribution >= 4 is 5.82 Å². The SMILES string of the molecule is Cc1ccnc(N2CC(F)C2)c1. The lowest BCUT2D eigenvalue weighted by Crippen LogP contribution is -2.48. The molecule has 64 valence electrons. The highest BCUT2D eigenvalue weighted by molar-refractivity contribution is 5.43. The molecule has 0 bridgehead atoms. The Balaban J connectivity index is 2.13. The van der Waals surface area contributed by atoms with E-state index >= 15 is 0 Å². The van der Waals surface area contributed by atoms with Gasteiger partial charge in [-0.1, -0.05) is 0 Å². The average molecular weight is 166 g/mol. The molecule has 0 N–H and O–H groups in total. The fraction of sp³-hybridized carbons (Fsp3) is 0.444. The third-order valence-corrected chi connectivity index (χ3v) is 2.06. The number of hydrogen-bond acceptors (Lipinski definition) is 2. The van der Waals surface area contributed by atoms with Gasteiger partial charge in [-0.05, 0) is 24.6 Å². The molecular weight excluding hydrogens is 155 g/mol. The van der Waals surface area contributed by atoms with Crippen molar-refractivity contribution in [2.45, 2.75) is 13.1 Å². The molecular formula is C9H11FN2. The van der Waals surface area contributed by atoms with Crippen LogP contribution in [-0.4, -0.2) is 24.2 Å². The maximum Gasteiger partial charge on any atom is 0.135 e. The maximum atomic E-state index is 12.5. The Bertz CT molecular complexity index is 282. The molecule has 1 aliphatic rings. The summed E-state index contributed by atoms with van der Waals surface area (Å²) in [6, 6.07) is 3.92. The number of pyridine rings is 1. The van der Waals surface area contributed by atoms with Crippen molar-refractivity contribution in [2.24, 2.45) is 0 Å². The van der Waals surface area contributed by atoms with Gasteiger partial charge in [0.1, 0.15) is 12.0 Å². The highest BCUT2D eigenvalue weighted by Gasteiger charge is 2.26. The summed E-state index contributed by atoms with van der Waals surface area (Å²) in [5.41, 5.74) is 1.17. The van der Waals surface area contributed by atoms with Gasteiger partial charge >= 0.3 is 0 Å². The van der Waals surface area contributed by atoms with Crippen LogP contribution in [0.25, 0.3) is 0 Å². The molecule has 1 aromatic rings. The van der Waals surface area contributed by atoms with Crippen LogP contribution in [0.5, 0.6) is 0 Å². The fourth-order valence-corrected chi connectivity index (χ4v) is 1.31. The van der Waals surface area contributed by atoms with Crippen molar-refractivity contribution in [1.82, 2.24) is 4.98 Å². The van der Waals surface area contributed by atoms with E-state index in [4.69, 9.17) is 0 Å². The van der Waals surface area contributed by atoms with E-state index in [0.717, 1.165) is 5.82 Å². The third-order valence-electron chi connectivity index (χ3n) is 2.06. The predicted molar refractivity (Wildman–Crippen MR) is 46.1 cm³/mol. The molecule has 1 aromatic heterocycles. The van der Waals surface area contributed by atoms with Crippen LogP contribution in [0.3, 0.4) is 0 Å². The second-order valence-electron chi connectivity index (χ2n) is 3.19. The van der Waals surface area contributed by atoms with Crippen molar-refractivity contribution in [3.05, 3.63) is 23.9 Å². The Hall–Kier alpha value is -1.12. The number of rotatable bonds is 1. The molecule has 0 aromatic carbocycles. The maximum absolute atomic E-state index is 12.5. The van der Waals surface area contributed by atoms with Crippen LogP contribution in [0.2, 0.25) is 0 Å². The molecule has 0 spiro atoms. The lowest BCUT2D eigenvalue weighted by atomic mass is 10.2. The molecule has 1 aliphatic heterocycles. The largest absolute Gasteiger partial charge is 0.351 e. The van der Waals surface area contributed by atoms with E-state index in [0.29, 0.717) is 13.1 Å². The van der Waals surface area contributed by atoms with E-state index in [1.807, 2.05) is 24.0 Å². The highest BCUT2D eigenvalue weighted by atomic mass is 19.1. The summed E-state index contributed by atoms with van der Waals surface area (Å²) in [5.74, 6) is 0.893. The molecule has 0 atom stereocenters. The van der Waals surface area contributed by atoms with Crippen LogP contribution < -0.4 is 4.90 Å². The minimum Gasteiger partial charge on any atom is -0.351 e. The fourth-order valence-electron chi connectivity index (χ4n) is 1.31. The van der Waals surface area contributed by atoms with Gasteiger partial charge in [0, 0.05) is 6.20 Å². The second kappa shape index (κ2) is 2.73. The Morgan fingerprint density at radius 2 is 2.33 bits per heavy atom. The number of aryl methyl sites for hydroxylation is 1. The zero-order valence-electron chi connectivity index (χ0n) is 7.00. The number of alkyl halides is 1. The summed E-state index contributed by atoms with van der Waals surface area (Å²) in [6.45, 7) is 3.00. The van der Waals surface area contributed by atoms with Crippen molar-refractivity contribution < 1.29 is 4.39 Å². The standard InChI is InChI=1S/C9H11FN2/c1-7-2-3-11-9(4-7)12-5-8(10)6-12/h2-4,8H,5-6H2,1H3. The summed E-state index contributed by atoms with van der Waals surface area (Å²) in [7, 11) is 0. The van der Waals surface area contributed by atoms with Gasteiger partial charge in [-0.25, -0.2) is 9.37 Å². The van der Waals surface area contributed by atoms with Crippen molar-refractivity contribution in [2.75, 3.05) is 18.0 Å². The van der Waals surface area contributed by atoms with Gasteiger partial charge in [0.05, 0.1) is 13.1 Å². The first-order valence-electron chi connectivity index (χ1n) is 4.07. The number of aromatic nitrogens is 1. The van der Waals surface area contributed by atoms with Gasteiger partial charge < -0.3 is 4.90 Å². The topological polar surface area (TPSA) is 16.1 Å². The lowest BCUT2D eigenvalue weighted by Gasteiger charge is -2.35. The number of nitrogens with zero attached hydrogens (tertiary/aromatic N) is 2. The van der Waals surface area contributed by atoms with Crippen LogP contribution in [0.4, 0.5) is 10.2 Å². The Kier molecular flexibility index (Phi) is 1.71. The summed E-state index contributed by atoms with van der Waals surface area (Å²) in [4.78, 5) is 6.10. The monoisotopic (exact) mass is 166 g/mol. The van der Waals surface area contributed by atoms with E-state index in [1.54, 1.807) is 6.20 Å². The van der Waals surface area contributed by atoms with Crippen LogP contribution >= 0.6 is 0 Å². The Morgan fingerprint density at radius 1 is 1.58 bits per heavy atom. The predicted octanol–water partition coefficient (Wildman–Crippen LogP) is 1.55. The first kappa shape index (κ1) is 7.53. The molecule has 0 radical (unpaired) electrons. The molecule has 2 heterocycles. The molecule has 12 heavy (non-hydrogen) atoms. The Morgan fingerprint density at radius 3 is 2.92 bits per heavy atom. The van der Waals surface area contributed by atoms with E-state index in [-0.39, 0.29) is 0 Å². The minimum atomic E-state index is -0.660. The van der Waals surface area contributed by atoms with E-state index in [1.165, 1.54) is 5.56 Å². The number of hydrogen-bond donors (Lipinski definition) is 0. The molecule has 3 heteroatoms. The molecule has 2 rings (SSSR count). The molecule has 1 saturated heterocycles. The van der Waals surface area contributed by atoms with Crippen LogP contribution in [-0.2, 0) is 0 Å². The third kappa shape index (κ3) is 1.26. The van der Waals surface area contributed by atoms with E-state index in [9.17, 15) is 4.39 Å². The zero-order chi connectivity index (χ0) is 8.55. The van der Waals surface area contributed by atoms with Crippen molar-refractivity contribution in [3.63, 3.8) is 0 Å². The van der Waals surface area contributed by atoms with Gasteiger partial charge in [0.2, 0.25) is 0 Å². The van der Waals surface area contributed by atoms with Gasteiger partial charge in [-0.3, -0.25) is 0 Å². The van der Waals surface area contributed by atoms with Gasteiger partial charge in [0.15, 0.2) is 0 Å². The van der Waals surface area contributed by atoms with Crippen LogP contribution in [0.15, 0.2) is 18.3 Å². The van der Waals surface area contributed by atoms with E-state index in [2.05, 4.69) is 4.98 Å². The molecule has 0 aliphatic carbocycles. The van der Waals surface area contributed by atoms with Crippen LogP contribution in [0.1, 0.15) is 5.56 Å².